The minimum atomic E-state index is 0.219. The van der Waals surface area contributed by atoms with Crippen LogP contribution in [0.2, 0.25) is 0 Å². The molecule has 0 unspecified atom stereocenters. The standard InChI is InChI=1S/C15H18N4OS/c1-2-13-17-15(21-18-13)16-10-11-5-3-6-12(9-11)19-8-4-7-14(19)20/h3,5-6,9H,2,4,7-8,10H2,1H3,(H,16,17,18). The van der Waals surface area contributed by atoms with Crippen molar-refractivity contribution in [3.63, 3.8) is 0 Å². The van der Waals surface area contributed by atoms with E-state index in [1.165, 1.54) is 11.5 Å². The zero-order valence-corrected chi connectivity index (χ0v) is 12.8. The molecule has 0 spiro atoms. The first-order valence-electron chi connectivity index (χ1n) is 7.22. The number of nitrogens with zero attached hydrogens (tertiary/aromatic N) is 3. The van der Waals surface area contributed by atoms with Gasteiger partial charge >= 0.3 is 0 Å². The molecule has 21 heavy (non-hydrogen) atoms. The second-order valence-electron chi connectivity index (χ2n) is 5.04. The number of carbonyl (C=O) groups is 1. The summed E-state index contributed by atoms with van der Waals surface area (Å²) in [5.41, 5.74) is 2.13. The summed E-state index contributed by atoms with van der Waals surface area (Å²) in [7, 11) is 0. The van der Waals surface area contributed by atoms with Crippen LogP contribution in [0.15, 0.2) is 24.3 Å². The van der Waals surface area contributed by atoms with Gasteiger partial charge in [0.15, 0.2) is 0 Å². The van der Waals surface area contributed by atoms with Crippen molar-refractivity contribution < 1.29 is 4.79 Å². The zero-order chi connectivity index (χ0) is 14.7. The van der Waals surface area contributed by atoms with Crippen LogP contribution < -0.4 is 10.2 Å². The van der Waals surface area contributed by atoms with Crippen LogP contribution in [0.3, 0.4) is 0 Å². The molecule has 0 bridgehead atoms. The van der Waals surface area contributed by atoms with E-state index >= 15 is 0 Å². The summed E-state index contributed by atoms with van der Waals surface area (Å²) < 4.78 is 4.25. The van der Waals surface area contributed by atoms with E-state index in [0.29, 0.717) is 13.0 Å². The number of nitrogens with one attached hydrogen (secondary N) is 1. The van der Waals surface area contributed by atoms with Crippen molar-refractivity contribution in [2.24, 2.45) is 0 Å². The molecule has 0 aliphatic carbocycles. The quantitative estimate of drug-likeness (QED) is 0.922. The summed E-state index contributed by atoms with van der Waals surface area (Å²) in [5.74, 6) is 1.09. The third kappa shape index (κ3) is 3.21. The van der Waals surface area contributed by atoms with E-state index in [2.05, 4.69) is 26.8 Å². The highest BCUT2D eigenvalue weighted by Crippen LogP contribution is 2.22. The SMILES string of the molecule is CCc1nsc(NCc2cccc(N3CCCC3=O)c2)n1. The minimum absolute atomic E-state index is 0.219. The number of hydrogen-bond acceptors (Lipinski definition) is 5. The van der Waals surface area contributed by atoms with Crippen LogP contribution >= 0.6 is 11.5 Å². The van der Waals surface area contributed by atoms with Crippen molar-refractivity contribution in [2.75, 3.05) is 16.8 Å². The second kappa shape index (κ2) is 6.22. The van der Waals surface area contributed by atoms with Gasteiger partial charge in [-0.05, 0) is 24.1 Å². The van der Waals surface area contributed by atoms with E-state index in [1.54, 1.807) is 0 Å². The Morgan fingerprint density at radius 3 is 3.05 bits per heavy atom. The summed E-state index contributed by atoms with van der Waals surface area (Å²) in [6.45, 7) is 3.56. The van der Waals surface area contributed by atoms with Crippen molar-refractivity contribution in [2.45, 2.75) is 32.7 Å². The smallest absolute Gasteiger partial charge is 0.227 e. The fourth-order valence-electron chi connectivity index (χ4n) is 2.40. The molecule has 110 valence electrons. The monoisotopic (exact) mass is 302 g/mol. The van der Waals surface area contributed by atoms with E-state index in [0.717, 1.165) is 41.6 Å². The number of aryl methyl sites for hydroxylation is 1. The Balaban J connectivity index is 1.67. The molecular formula is C15H18N4OS. The van der Waals surface area contributed by atoms with Gasteiger partial charge in [0.1, 0.15) is 5.82 Å². The van der Waals surface area contributed by atoms with Gasteiger partial charge in [-0.15, -0.1) is 0 Å². The van der Waals surface area contributed by atoms with E-state index in [4.69, 9.17) is 0 Å². The van der Waals surface area contributed by atoms with Crippen LogP contribution in [0, 0.1) is 0 Å². The molecule has 1 amide bonds. The lowest BCUT2D eigenvalue weighted by atomic mass is 10.2. The highest BCUT2D eigenvalue weighted by Gasteiger charge is 2.21. The van der Waals surface area contributed by atoms with E-state index in [9.17, 15) is 4.79 Å². The van der Waals surface area contributed by atoms with Crippen LogP contribution in [0.4, 0.5) is 10.8 Å². The third-order valence-corrected chi connectivity index (χ3v) is 4.23. The Morgan fingerprint density at radius 1 is 1.43 bits per heavy atom. The Labute approximate surface area is 128 Å². The number of hydrogen-bond donors (Lipinski definition) is 1. The lowest BCUT2D eigenvalue weighted by Gasteiger charge is -2.16. The van der Waals surface area contributed by atoms with Gasteiger partial charge in [-0.25, -0.2) is 4.98 Å². The summed E-state index contributed by atoms with van der Waals surface area (Å²) in [6, 6.07) is 8.11. The molecule has 3 rings (SSSR count). The van der Waals surface area contributed by atoms with Crippen molar-refractivity contribution in [1.29, 1.82) is 0 Å². The number of anilines is 2. The van der Waals surface area contributed by atoms with E-state index < -0.39 is 0 Å². The minimum Gasteiger partial charge on any atom is -0.356 e. The molecule has 5 nitrogen and oxygen atoms in total. The number of carbonyl (C=O) groups excluding carboxylic acids is 1. The Bertz CT molecular complexity index is 640. The third-order valence-electron chi connectivity index (χ3n) is 3.52. The van der Waals surface area contributed by atoms with Gasteiger partial charge < -0.3 is 10.2 Å². The van der Waals surface area contributed by atoms with Crippen molar-refractivity contribution in [3.05, 3.63) is 35.7 Å². The normalized spacial score (nSPS) is 14.7. The highest BCUT2D eigenvalue weighted by molar-refractivity contribution is 7.09. The molecule has 1 N–H and O–H groups in total. The van der Waals surface area contributed by atoms with Gasteiger partial charge in [-0.2, -0.15) is 4.37 Å². The topological polar surface area (TPSA) is 58.1 Å². The van der Waals surface area contributed by atoms with Gasteiger partial charge in [0.05, 0.1) is 0 Å². The average molecular weight is 302 g/mol. The maximum atomic E-state index is 11.8. The second-order valence-corrected chi connectivity index (χ2v) is 5.79. The Kier molecular flexibility index (Phi) is 4.15. The van der Waals surface area contributed by atoms with Crippen molar-refractivity contribution >= 4 is 28.3 Å². The molecule has 1 aliphatic rings. The summed E-state index contributed by atoms with van der Waals surface area (Å²) in [4.78, 5) is 18.0. The zero-order valence-electron chi connectivity index (χ0n) is 12.0. The predicted octanol–water partition coefficient (Wildman–Crippen LogP) is 2.84. The number of aromatic nitrogens is 2. The first-order chi connectivity index (χ1) is 10.3. The molecule has 0 saturated carbocycles. The van der Waals surface area contributed by atoms with Gasteiger partial charge in [-0.1, -0.05) is 19.1 Å². The van der Waals surface area contributed by atoms with Crippen LogP contribution in [0.1, 0.15) is 31.2 Å². The van der Waals surface area contributed by atoms with E-state index in [1.807, 2.05) is 24.0 Å². The molecule has 1 aromatic heterocycles. The molecule has 1 saturated heterocycles. The molecule has 0 atom stereocenters. The fraction of sp³-hybridized carbons (Fsp3) is 0.400. The Hall–Kier alpha value is -1.95. The first kappa shape index (κ1) is 14.0. The largest absolute Gasteiger partial charge is 0.356 e. The van der Waals surface area contributed by atoms with Crippen molar-refractivity contribution in [1.82, 2.24) is 9.36 Å². The summed E-state index contributed by atoms with van der Waals surface area (Å²) in [5, 5.41) is 4.13. The maximum absolute atomic E-state index is 11.8. The van der Waals surface area contributed by atoms with Crippen LogP contribution in [0.25, 0.3) is 0 Å². The Morgan fingerprint density at radius 2 is 2.33 bits per heavy atom. The number of amides is 1. The van der Waals surface area contributed by atoms with E-state index in [-0.39, 0.29) is 5.91 Å². The molecule has 2 aromatic rings. The highest BCUT2D eigenvalue weighted by atomic mass is 32.1. The summed E-state index contributed by atoms with van der Waals surface area (Å²) >= 11 is 1.39. The van der Waals surface area contributed by atoms with Crippen LogP contribution in [-0.2, 0) is 17.8 Å². The van der Waals surface area contributed by atoms with Crippen LogP contribution in [0.5, 0.6) is 0 Å². The van der Waals surface area contributed by atoms with Crippen LogP contribution in [-0.4, -0.2) is 21.8 Å². The van der Waals surface area contributed by atoms with Gasteiger partial charge in [0.25, 0.3) is 0 Å². The predicted molar refractivity (Wildman–Crippen MR) is 84.6 cm³/mol. The van der Waals surface area contributed by atoms with Crippen molar-refractivity contribution in [3.8, 4) is 0 Å². The molecule has 2 heterocycles. The molecule has 0 radical (unpaired) electrons. The molecular weight excluding hydrogens is 284 g/mol. The number of benzene rings is 1. The molecule has 1 aromatic carbocycles. The molecule has 1 aliphatic heterocycles. The lowest BCUT2D eigenvalue weighted by Crippen LogP contribution is -2.23. The summed E-state index contributed by atoms with van der Waals surface area (Å²) in [6.07, 6.45) is 2.46. The lowest BCUT2D eigenvalue weighted by molar-refractivity contribution is -0.117. The van der Waals surface area contributed by atoms with Gasteiger partial charge in [-0.3, -0.25) is 4.79 Å². The maximum Gasteiger partial charge on any atom is 0.227 e. The number of rotatable bonds is 5. The molecule has 6 heteroatoms. The fourth-order valence-corrected chi connectivity index (χ4v) is 3.05. The average Bonchev–Trinajstić information content (AvgIpc) is 3.14. The first-order valence-corrected chi connectivity index (χ1v) is 7.99. The van der Waals surface area contributed by atoms with Gasteiger partial charge in [0, 0.05) is 43.2 Å². The molecule has 1 fully saturated rings. The van der Waals surface area contributed by atoms with Gasteiger partial charge in [0.2, 0.25) is 11.0 Å².